The van der Waals surface area contributed by atoms with E-state index in [-0.39, 0.29) is 36.6 Å². The van der Waals surface area contributed by atoms with E-state index >= 15 is 0 Å². The number of aromatic amines is 1. The lowest BCUT2D eigenvalue weighted by molar-refractivity contribution is -0.144. The predicted molar refractivity (Wildman–Crippen MR) is 157 cm³/mol. The summed E-state index contributed by atoms with van der Waals surface area (Å²) in [6.07, 6.45) is 7.11. The van der Waals surface area contributed by atoms with Crippen LogP contribution in [0.15, 0.2) is 23.1 Å². The Balaban J connectivity index is 1.40. The molecule has 0 bridgehead atoms. The van der Waals surface area contributed by atoms with Crippen LogP contribution in [0, 0.1) is 0 Å². The van der Waals surface area contributed by atoms with Crippen molar-refractivity contribution in [2.75, 3.05) is 66.3 Å². The predicted octanol–water partition coefficient (Wildman–Crippen LogP) is 2.30. The average molecular weight is 573 g/mol. The second-order valence-electron chi connectivity index (χ2n) is 10.3. The number of ether oxygens (including phenoxy) is 3. The first-order chi connectivity index (χ1) is 19.8. The van der Waals surface area contributed by atoms with Crippen LogP contribution in [-0.4, -0.2) is 101 Å². The highest BCUT2D eigenvalue weighted by molar-refractivity contribution is 5.81. The number of aromatic nitrogens is 5. The summed E-state index contributed by atoms with van der Waals surface area (Å²) in [5.74, 6) is 0.477. The van der Waals surface area contributed by atoms with Gasteiger partial charge in [-0.2, -0.15) is 9.97 Å². The summed E-state index contributed by atoms with van der Waals surface area (Å²) in [6, 6.07) is 3.78. The van der Waals surface area contributed by atoms with Gasteiger partial charge in [0.1, 0.15) is 5.52 Å². The second kappa shape index (κ2) is 16.5. The van der Waals surface area contributed by atoms with Crippen LogP contribution in [0.3, 0.4) is 0 Å². The SMILES string of the molecule is CCCCOc1nc(N)c2[nH]c(=O)n(Cc3ccc(OCCCCN(C)CC(=O)OCCCCN(C)C)nc3)c2n1. The minimum atomic E-state index is -0.342. The summed E-state index contributed by atoms with van der Waals surface area (Å²) in [4.78, 5) is 44.3. The zero-order valence-electron chi connectivity index (χ0n) is 24.7. The van der Waals surface area contributed by atoms with Gasteiger partial charge in [0.25, 0.3) is 0 Å². The monoisotopic (exact) mass is 572 g/mol. The molecule has 0 saturated heterocycles. The van der Waals surface area contributed by atoms with E-state index in [0.717, 1.165) is 57.2 Å². The molecule has 0 radical (unpaired) electrons. The Morgan fingerprint density at radius 1 is 1.00 bits per heavy atom. The fourth-order valence-corrected chi connectivity index (χ4v) is 4.04. The number of nitrogens with two attached hydrogens (primary N) is 1. The van der Waals surface area contributed by atoms with Gasteiger partial charge in [-0.15, -0.1) is 0 Å². The Kier molecular flexibility index (Phi) is 12.8. The Morgan fingerprint density at radius 3 is 2.49 bits per heavy atom. The minimum Gasteiger partial charge on any atom is -0.478 e. The van der Waals surface area contributed by atoms with Crippen molar-refractivity contribution in [1.29, 1.82) is 0 Å². The number of likely N-dealkylation sites (N-methyl/N-ethyl adjacent to an activating group) is 1. The molecule has 0 unspecified atom stereocenters. The van der Waals surface area contributed by atoms with Gasteiger partial charge >= 0.3 is 17.7 Å². The number of hydrogen-bond donors (Lipinski definition) is 2. The highest BCUT2D eigenvalue weighted by Gasteiger charge is 2.15. The number of anilines is 1. The quantitative estimate of drug-likeness (QED) is 0.161. The summed E-state index contributed by atoms with van der Waals surface area (Å²) < 4.78 is 18.2. The first kappa shape index (κ1) is 31.8. The van der Waals surface area contributed by atoms with Gasteiger partial charge < -0.3 is 29.8 Å². The molecule has 0 aliphatic rings. The van der Waals surface area contributed by atoms with E-state index in [1.807, 2.05) is 32.1 Å². The molecule has 0 saturated carbocycles. The number of nitrogens with zero attached hydrogens (tertiary/aromatic N) is 6. The Hall–Kier alpha value is -3.71. The van der Waals surface area contributed by atoms with Gasteiger partial charge in [0.2, 0.25) is 5.88 Å². The van der Waals surface area contributed by atoms with Crippen LogP contribution in [0.25, 0.3) is 11.2 Å². The van der Waals surface area contributed by atoms with E-state index in [9.17, 15) is 9.59 Å². The summed E-state index contributed by atoms with van der Waals surface area (Å²) in [5.41, 5.74) is 7.25. The number of rotatable bonds is 19. The van der Waals surface area contributed by atoms with E-state index in [1.165, 1.54) is 4.57 Å². The van der Waals surface area contributed by atoms with E-state index in [1.54, 1.807) is 12.3 Å². The fraction of sp³-hybridized carbons (Fsp3) is 0.607. The molecule has 0 aliphatic heterocycles. The van der Waals surface area contributed by atoms with Gasteiger partial charge in [0, 0.05) is 12.3 Å². The van der Waals surface area contributed by atoms with Crippen LogP contribution in [0.4, 0.5) is 5.82 Å². The number of pyridine rings is 1. The lowest BCUT2D eigenvalue weighted by Gasteiger charge is -2.16. The lowest BCUT2D eigenvalue weighted by Crippen LogP contribution is -2.28. The van der Waals surface area contributed by atoms with Crippen molar-refractivity contribution >= 4 is 23.0 Å². The maximum absolute atomic E-state index is 12.6. The van der Waals surface area contributed by atoms with Crippen LogP contribution >= 0.6 is 0 Å². The van der Waals surface area contributed by atoms with E-state index in [4.69, 9.17) is 19.9 Å². The average Bonchev–Trinajstić information content (AvgIpc) is 3.24. The normalized spacial score (nSPS) is 11.5. The third-order valence-corrected chi connectivity index (χ3v) is 6.34. The summed E-state index contributed by atoms with van der Waals surface area (Å²) >= 11 is 0. The van der Waals surface area contributed by atoms with Crippen molar-refractivity contribution < 1.29 is 19.0 Å². The molecule has 0 spiro atoms. The number of hydrogen-bond acceptors (Lipinski definition) is 11. The largest absolute Gasteiger partial charge is 0.478 e. The van der Waals surface area contributed by atoms with Crippen molar-refractivity contribution in [2.45, 2.75) is 52.0 Å². The molecule has 226 valence electrons. The van der Waals surface area contributed by atoms with Gasteiger partial charge in [0.05, 0.1) is 32.9 Å². The molecule has 0 amide bonds. The van der Waals surface area contributed by atoms with Crippen molar-refractivity contribution in [1.82, 2.24) is 34.3 Å². The zero-order chi connectivity index (χ0) is 29.6. The van der Waals surface area contributed by atoms with Crippen molar-refractivity contribution in [3.63, 3.8) is 0 Å². The van der Waals surface area contributed by atoms with Gasteiger partial charge in [-0.3, -0.25) is 14.3 Å². The third-order valence-electron chi connectivity index (χ3n) is 6.34. The minimum absolute atomic E-state index is 0.148. The maximum Gasteiger partial charge on any atom is 0.328 e. The molecule has 0 atom stereocenters. The van der Waals surface area contributed by atoms with Gasteiger partial charge in [-0.25, -0.2) is 9.78 Å². The van der Waals surface area contributed by atoms with Gasteiger partial charge in [-0.1, -0.05) is 19.4 Å². The van der Waals surface area contributed by atoms with Crippen LogP contribution in [0.2, 0.25) is 0 Å². The van der Waals surface area contributed by atoms with Crippen LogP contribution < -0.4 is 20.9 Å². The molecule has 13 nitrogen and oxygen atoms in total. The number of carbonyl (C=O) groups is 1. The van der Waals surface area contributed by atoms with Crippen LogP contribution in [0.1, 0.15) is 51.0 Å². The van der Waals surface area contributed by atoms with Crippen LogP contribution in [0.5, 0.6) is 11.9 Å². The number of imidazole rings is 1. The molecule has 0 fully saturated rings. The molecule has 0 aliphatic carbocycles. The van der Waals surface area contributed by atoms with E-state index in [2.05, 4.69) is 31.8 Å². The molecular formula is C28H44N8O5. The molecule has 3 heterocycles. The van der Waals surface area contributed by atoms with Crippen molar-refractivity contribution in [2.24, 2.45) is 0 Å². The molecule has 41 heavy (non-hydrogen) atoms. The Labute approximate surface area is 241 Å². The van der Waals surface area contributed by atoms with E-state index < -0.39 is 0 Å². The molecule has 0 aromatic carbocycles. The highest BCUT2D eigenvalue weighted by Crippen LogP contribution is 2.19. The topological polar surface area (TPSA) is 154 Å². The number of esters is 1. The highest BCUT2D eigenvalue weighted by atomic mass is 16.5. The standard InChI is InChI=1S/C28H44N8O5/c1-5-6-15-41-27-32-25(29)24-26(33-27)36(28(38)31-24)19-21-11-12-22(30-18-21)39-16-10-8-14-35(4)20-23(37)40-17-9-7-13-34(2)3/h11-12,18H,5-10,13-17,19-20H2,1-4H3,(H,31,38)(H2,29,32,33). The first-order valence-electron chi connectivity index (χ1n) is 14.2. The maximum atomic E-state index is 12.6. The molecule has 3 rings (SSSR count). The third kappa shape index (κ3) is 10.7. The zero-order valence-corrected chi connectivity index (χ0v) is 24.7. The van der Waals surface area contributed by atoms with E-state index in [0.29, 0.717) is 36.9 Å². The number of nitrogen functional groups attached to an aromatic ring is 1. The molecule has 3 N–H and O–H groups in total. The van der Waals surface area contributed by atoms with Gasteiger partial charge in [0.15, 0.2) is 11.5 Å². The summed E-state index contributed by atoms with van der Waals surface area (Å²) in [5, 5.41) is 0. The fourth-order valence-electron chi connectivity index (χ4n) is 4.04. The Morgan fingerprint density at radius 2 is 1.76 bits per heavy atom. The lowest BCUT2D eigenvalue weighted by atomic mass is 10.3. The van der Waals surface area contributed by atoms with Crippen LogP contribution in [-0.2, 0) is 16.1 Å². The molecular weight excluding hydrogens is 528 g/mol. The summed E-state index contributed by atoms with van der Waals surface area (Å²) in [6.45, 7) is 5.81. The smallest absolute Gasteiger partial charge is 0.328 e. The number of H-pyrrole nitrogens is 1. The van der Waals surface area contributed by atoms with Crippen molar-refractivity contribution in [3.05, 3.63) is 34.4 Å². The number of unbranched alkanes of at least 4 members (excludes halogenated alkanes) is 3. The number of carbonyl (C=O) groups excluding carboxylic acids is 1. The first-order valence-corrected chi connectivity index (χ1v) is 14.2. The molecule has 3 aromatic rings. The summed E-state index contributed by atoms with van der Waals surface area (Å²) in [7, 11) is 5.97. The van der Waals surface area contributed by atoms with Gasteiger partial charge in [-0.05, 0) is 71.9 Å². The molecule has 13 heteroatoms. The van der Waals surface area contributed by atoms with Crippen molar-refractivity contribution in [3.8, 4) is 11.9 Å². The Bertz CT molecular complexity index is 1270. The number of fused-ring (bicyclic) bond motifs is 1. The number of nitrogens with one attached hydrogen (secondary N) is 1. The second-order valence-corrected chi connectivity index (χ2v) is 10.3. The molecule has 3 aromatic heterocycles.